The molecule has 7 nitrogen and oxygen atoms in total. The van der Waals surface area contributed by atoms with Crippen LogP contribution in [-0.4, -0.2) is 35.7 Å². The smallest absolute Gasteiger partial charge is 0.319 e. The van der Waals surface area contributed by atoms with Gasteiger partial charge in [-0.1, -0.05) is 12.1 Å². The number of ether oxygens (including phenoxy) is 1. The van der Waals surface area contributed by atoms with Crippen LogP contribution in [0.15, 0.2) is 24.3 Å². The summed E-state index contributed by atoms with van der Waals surface area (Å²) in [5.74, 6) is -1.25. The number of nitrogens with one attached hydrogen (secondary N) is 2. The van der Waals surface area contributed by atoms with Crippen molar-refractivity contribution in [3.8, 4) is 0 Å². The Kier molecular flexibility index (Phi) is 6.55. The lowest BCUT2D eigenvalue weighted by molar-refractivity contribution is -0.146. The van der Waals surface area contributed by atoms with E-state index in [1.165, 1.54) is 7.11 Å². The molecule has 0 aliphatic heterocycles. The molecule has 0 unspecified atom stereocenters. The summed E-state index contributed by atoms with van der Waals surface area (Å²) < 4.78 is 4.80. The van der Waals surface area contributed by atoms with Crippen LogP contribution >= 0.6 is 0 Å². The second kappa shape index (κ2) is 8.00. The molecule has 0 aliphatic rings. The minimum absolute atomic E-state index is 0.0232. The average Bonchev–Trinajstić information content (AvgIpc) is 2.52. The minimum atomic E-state index is -0.904. The van der Waals surface area contributed by atoms with Crippen molar-refractivity contribution in [1.29, 1.82) is 0 Å². The third-order valence-corrected chi connectivity index (χ3v) is 3.98. The maximum atomic E-state index is 12.1. The van der Waals surface area contributed by atoms with Crippen molar-refractivity contribution in [1.82, 2.24) is 5.32 Å². The standard InChI is InChI=1S/C18H26N2O5/c1-17(2,11-10-14(21)22)20-16(24)19-13-8-6-12(7-9-13)18(3,4)15(23)25-5/h6-9H,10-11H2,1-5H3,(H,21,22)(H2,19,20,24). The number of hydrogen-bond donors (Lipinski definition) is 3. The summed E-state index contributed by atoms with van der Waals surface area (Å²) in [7, 11) is 1.34. The van der Waals surface area contributed by atoms with Crippen LogP contribution in [0, 0.1) is 0 Å². The van der Waals surface area contributed by atoms with Gasteiger partial charge in [0.15, 0.2) is 0 Å². The first-order chi connectivity index (χ1) is 11.5. The molecule has 3 N–H and O–H groups in total. The highest BCUT2D eigenvalue weighted by molar-refractivity contribution is 5.90. The molecule has 0 bridgehead atoms. The van der Waals surface area contributed by atoms with Gasteiger partial charge in [-0.15, -0.1) is 0 Å². The van der Waals surface area contributed by atoms with Gasteiger partial charge in [0, 0.05) is 17.6 Å². The summed E-state index contributed by atoms with van der Waals surface area (Å²) in [5, 5.41) is 14.2. The van der Waals surface area contributed by atoms with Crippen molar-refractivity contribution < 1.29 is 24.2 Å². The highest BCUT2D eigenvalue weighted by atomic mass is 16.5. The van der Waals surface area contributed by atoms with Crippen molar-refractivity contribution in [2.45, 2.75) is 51.5 Å². The fourth-order valence-corrected chi connectivity index (χ4v) is 2.29. The van der Waals surface area contributed by atoms with E-state index in [2.05, 4.69) is 10.6 Å². The molecule has 0 saturated carbocycles. The van der Waals surface area contributed by atoms with Crippen LogP contribution in [0.4, 0.5) is 10.5 Å². The van der Waals surface area contributed by atoms with E-state index in [0.29, 0.717) is 12.1 Å². The molecule has 1 aromatic carbocycles. The number of carboxylic acids is 1. The molecule has 0 aliphatic carbocycles. The second-order valence-corrected chi connectivity index (χ2v) is 7.05. The van der Waals surface area contributed by atoms with Crippen molar-refractivity contribution in [2.24, 2.45) is 0 Å². The Hall–Kier alpha value is -2.57. The lowest BCUT2D eigenvalue weighted by Crippen LogP contribution is -2.45. The van der Waals surface area contributed by atoms with Crippen LogP contribution in [0.5, 0.6) is 0 Å². The third-order valence-electron chi connectivity index (χ3n) is 3.98. The van der Waals surface area contributed by atoms with Crippen molar-refractivity contribution in [3.63, 3.8) is 0 Å². The predicted molar refractivity (Wildman–Crippen MR) is 94.6 cm³/mol. The molecule has 0 aromatic heterocycles. The molecule has 0 radical (unpaired) electrons. The van der Waals surface area contributed by atoms with Gasteiger partial charge in [-0.2, -0.15) is 0 Å². The maximum Gasteiger partial charge on any atom is 0.319 e. The summed E-state index contributed by atoms with van der Waals surface area (Å²) in [6.07, 6.45) is 0.298. The molecule has 0 spiro atoms. The van der Waals surface area contributed by atoms with E-state index in [0.717, 1.165) is 5.56 Å². The number of benzene rings is 1. The van der Waals surface area contributed by atoms with Gasteiger partial charge in [0.1, 0.15) is 0 Å². The molecular formula is C18H26N2O5. The van der Waals surface area contributed by atoms with Crippen LogP contribution in [0.1, 0.15) is 46.1 Å². The quantitative estimate of drug-likeness (QED) is 0.656. The number of hydrogen-bond acceptors (Lipinski definition) is 4. The van der Waals surface area contributed by atoms with E-state index < -0.39 is 23.0 Å². The molecule has 1 aromatic rings. The number of methoxy groups -OCH3 is 1. The van der Waals surface area contributed by atoms with Gasteiger partial charge in [-0.05, 0) is 51.8 Å². The van der Waals surface area contributed by atoms with E-state index in [1.54, 1.807) is 52.0 Å². The van der Waals surface area contributed by atoms with E-state index in [4.69, 9.17) is 9.84 Å². The van der Waals surface area contributed by atoms with Crippen LogP contribution in [0.2, 0.25) is 0 Å². The number of anilines is 1. The van der Waals surface area contributed by atoms with Crippen LogP contribution in [0.25, 0.3) is 0 Å². The fraction of sp³-hybridized carbons (Fsp3) is 0.500. The molecule has 0 heterocycles. The first kappa shape index (κ1) is 20.5. The number of carbonyl (C=O) groups is 3. The number of amides is 2. The molecular weight excluding hydrogens is 324 g/mol. The van der Waals surface area contributed by atoms with Crippen molar-refractivity contribution in [2.75, 3.05) is 12.4 Å². The summed E-state index contributed by atoms with van der Waals surface area (Å²) in [5.41, 5.74) is -0.0908. The topological polar surface area (TPSA) is 105 Å². The van der Waals surface area contributed by atoms with Gasteiger partial charge >= 0.3 is 18.0 Å². The number of urea groups is 1. The van der Waals surface area contributed by atoms with E-state index in [-0.39, 0.29) is 12.4 Å². The minimum Gasteiger partial charge on any atom is -0.481 e. The van der Waals surface area contributed by atoms with Gasteiger partial charge in [0.25, 0.3) is 0 Å². The molecule has 0 atom stereocenters. The van der Waals surface area contributed by atoms with Gasteiger partial charge < -0.3 is 20.5 Å². The molecule has 0 fully saturated rings. The van der Waals surface area contributed by atoms with E-state index >= 15 is 0 Å². The van der Waals surface area contributed by atoms with Gasteiger partial charge in [-0.25, -0.2) is 4.79 Å². The van der Waals surface area contributed by atoms with Gasteiger partial charge in [0.05, 0.1) is 12.5 Å². The zero-order chi connectivity index (χ0) is 19.3. The maximum absolute atomic E-state index is 12.1. The van der Waals surface area contributed by atoms with Crippen molar-refractivity contribution in [3.05, 3.63) is 29.8 Å². The Morgan fingerprint density at radius 1 is 1.08 bits per heavy atom. The highest BCUT2D eigenvalue weighted by Gasteiger charge is 2.30. The highest BCUT2D eigenvalue weighted by Crippen LogP contribution is 2.26. The van der Waals surface area contributed by atoms with Gasteiger partial charge in [-0.3, -0.25) is 9.59 Å². The Labute approximate surface area is 147 Å². The third kappa shape index (κ3) is 6.10. The number of carbonyl (C=O) groups excluding carboxylic acids is 2. The summed E-state index contributed by atoms with van der Waals surface area (Å²) in [4.78, 5) is 34.5. The Morgan fingerprint density at radius 2 is 1.64 bits per heavy atom. The number of rotatable bonds is 7. The Balaban J connectivity index is 2.70. The second-order valence-electron chi connectivity index (χ2n) is 7.05. The fourth-order valence-electron chi connectivity index (χ4n) is 2.29. The van der Waals surface area contributed by atoms with Crippen LogP contribution in [-0.2, 0) is 19.7 Å². The summed E-state index contributed by atoms with van der Waals surface area (Å²) in [6.45, 7) is 7.05. The average molecular weight is 350 g/mol. The molecule has 0 saturated heterocycles. The zero-order valence-electron chi connectivity index (χ0n) is 15.3. The largest absolute Gasteiger partial charge is 0.481 e. The van der Waals surface area contributed by atoms with E-state index in [1.807, 2.05) is 0 Å². The summed E-state index contributed by atoms with van der Waals surface area (Å²) >= 11 is 0. The van der Waals surface area contributed by atoms with E-state index in [9.17, 15) is 14.4 Å². The first-order valence-electron chi connectivity index (χ1n) is 7.98. The Bertz CT molecular complexity index is 635. The monoisotopic (exact) mass is 350 g/mol. The number of carboxylic acid groups (broad SMARTS) is 1. The first-order valence-corrected chi connectivity index (χ1v) is 7.98. The predicted octanol–water partition coefficient (Wildman–Crippen LogP) is 2.90. The lowest BCUT2D eigenvalue weighted by atomic mass is 9.85. The van der Waals surface area contributed by atoms with Gasteiger partial charge in [0.2, 0.25) is 0 Å². The normalized spacial score (nSPS) is 11.6. The number of esters is 1. The Morgan fingerprint density at radius 3 is 2.12 bits per heavy atom. The van der Waals surface area contributed by atoms with Crippen LogP contribution in [0.3, 0.4) is 0 Å². The molecule has 7 heteroatoms. The zero-order valence-corrected chi connectivity index (χ0v) is 15.3. The lowest BCUT2D eigenvalue weighted by Gasteiger charge is -2.26. The molecule has 2 amide bonds. The van der Waals surface area contributed by atoms with Crippen molar-refractivity contribution >= 4 is 23.7 Å². The molecule has 25 heavy (non-hydrogen) atoms. The molecule has 1 rings (SSSR count). The molecule has 138 valence electrons. The SMILES string of the molecule is COC(=O)C(C)(C)c1ccc(NC(=O)NC(C)(C)CCC(=O)O)cc1. The number of aliphatic carboxylic acids is 1. The summed E-state index contributed by atoms with van der Waals surface area (Å²) in [6, 6.07) is 6.48. The van der Waals surface area contributed by atoms with Crippen LogP contribution < -0.4 is 10.6 Å².